The maximum absolute atomic E-state index is 10.8. The Balaban J connectivity index is 2.25. The average Bonchev–Trinajstić information content (AvgIpc) is 2.40. The summed E-state index contributed by atoms with van der Waals surface area (Å²) in [6.45, 7) is 0.545. The van der Waals surface area contributed by atoms with E-state index in [1.54, 1.807) is 11.8 Å². The summed E-state index contributed by atoms with van der Waals surface area (Å²) >= 11 is 12.5. The Kier molecular flexibility index (Phi) is 8.71. The van der Waals surface area contributed by atoms with Gasteiger partial charge in [0.05, 0.1) is 11.8 Å². The lowest BCUT2D eigenvalue weighted by Gasteiger charge is -2.26. The van der Waals surface area contributed by atoms with Crippen molar-refractivity contribution >= 4 is 40.7 Å². The lowest BCUT2D eigenvalue weighted by Crippen LogP contribution is -2.43. The molecule has 0 amide bonds. The van der Waals surface area contributed by atoms with Crippen molar-refractivity contribution in [3.63, 3.8) is 0 Å². The molecular formula is C11H20ClN3OS2. The molecule has 0 spiro atoms. The minimum atomic E-state index is 0.408. The second-order valence-corrected chi connectivity index (χ2v) is 6.28. The van der Waals surface area contributed by atoms with Gasteiger partial charge in [-0.15, -0.1) is 16.5 Å². The molecule has 1 aliphatic rings. The number of nitrogens with zero attached hydrogens (tertiary/aromatic N) is 2. The fourth-order valence-electron chi connectivity index (χ4n) is 1.98. The van der Waals surface area contributed by atoms with Gasteiger partial charge in [0.15, 0.2) is 5.11 Å². The summed E-state index contributed by atoms with van der Waals surface area (Å²) < 4.78 is 0. The van der Waals surface area contributed by atoms with Crippen LogP contribution in [-0.2, 0) is 0 Å². The summed E-state index contributed by atoms with van der Waals surface area (Å²) in [5.74, 6) is 2.33. The van der Waals surface area contributed by atoms with E-state index in [0.717, 1.165) is 24.3 Å². The van der Waals surface area contributed by atoms with E-state index in [-0.39, 0.29) is 0 Å². The number of hydrogen-bond acceptors (Lipinski definition) is 4. The second-order valence-electron chi connectivity index (χ2n) is 4.29. The van der Waals surface area contributed by atoms with Gasteiger partial charge in [0.1, 0.15) is 0 Å². The van der Waals surface area contributed by atoms with E-state index in [9.17, 15) is 4.91 Å². The highest BCUT2D eigenvalue weighted by molar-refractivity contribution is 7.99. The van der Waals surface area contributed by atoms with Crippen LogP contribution in [0.15, 0.2) is 5.29 Å². The van der Waals surface area contributed by atoms with Crippen molar-refractivity contribution in [2.75, 3.05) is 23.9 Å². The highest BCUT2D eigenvalue weighted by Gasteiger charge is 2.17. The first-order valence-corrected chi connectivity index (χ1v) is 8.42. The Morgan fingerprint density at radius 1 is 1.39 bits per heavy atom. The van der Waals surface area contributed by atoms with Crippen LogP contribution in [0, 0.1) is 4.91 Å². The number of halogens is 1. The van der Waals surface area contributed by atoms with Crippen LogP contribution in [0.5, 0.6) is 0 Å². The number of hydrogen-bond donors (Lipinski definition) is 1. The van der Waals surface area contributed by atoms with Crippen LogP contribution < -0.4 is 5.32 Å². The van der Waals surface area contributed by atoms with Crippen LogP contribution >= 0.6 is 35.6 Å². The third-order valence-electron chi connectivity index (χ3n) is 2.93. The molecular weight excluding hydrogens is 290 g/mol. The zero-order valence-electron chi connectivity index (χ0n) is 10.4. The summed E-state index contributed by atoms with van der Waals surface area (Å²) in [4.78, 5) is 10.8. The van der Waals surface area contributed by atoms with E-state index in [2.05, 4.69) is 10.6 Å². The fourth-order valence-corrected chi connectivity index (χ4v) is 3.22. The molecule has 0 heterocycles. The molecule has 7 heteroatoms. The molecule has 0 aliphatic heterocycles. The van der Waals surface area contributed by atoms with E-state index < -0.39 is 0 Å². The zero-order chi connectivity index (χ0) is 13.2. The highest BCUT2D eigenvalue weighted by atomic mass is 35.5. The first-order chi connectivity index (χ1) is 8.77. The molecule has 1 N–H and O–H groups in total. The van der Waals surface area contributed by atoms with E-state index in [0.29, 0.717) is 23.6 Å². The Labute approximate surface area is 123 Å². The number of rotatable bonds is 7. The van der Waals surface area contributed by atoms with E-state index >= 15 is 0 Å². The third kappa shape index (κ3) is 6.20. The second kappa shape index (κ2) is 9.81. The van der Waals surface area contributed by atoms with Gasteiger partial charge in [-0.1, -0.05) is 19.3 Å². The van der Waals surface area contributed by atoms with E-state index in [4.69, 9.17) is 23.8 Å². The maximum atomic E-state index is 10.8. The first kappa shape index (κ1) is 16.0. The van der Waals surface area contributed by atoms with Crippen LogP contribution in [0.3, 0.4) is 0 Å². The average molecular weight is 310 g/mol. The Hall–Kier alpha value is -0.0700. The van der Waals surface area contributed by atoms with Crippen molar-refractivity contribution in [3.8, 4) is 0 Å². The van der Waals surface area contributed by atoms with Crippen molar-refractivity contribution in [2.24, 2.45) is 5.29 Å². The van der Waals surface area contributed by atoms with Crippen molar-refractivity contribution in [1.29, 1.82) is 0 Å². The minimum absolute atomic E-state index is 0.408. The van der Waals surface area contributed by atoms with Crippen molar-refractivity contribution in [3.05, 3.63) is 4.91 Å². The predicted molar refractivity (Wildman–Crippen MR) is 83.2 cm³/mol. The number of thiocarbonyl (C=S) groups is 1. The predicted octanol–water partition coefficient (Wildman–Crippen LogP) is 3.15. The van der Waals surface area contributed by atoms with Gasteiger partial charge in [0.2, 0.25) is 0 Å². The summed E-state index contributed by atoms with van der Waals surface area (Å²) in [6.07, 6.45) is 6.04. The van der Waals surface area contributed by atoms with Crippen molar-refractivity contribution < 1.29 is 0 Å². The van der Waals surface area contributed by atoms with Crippen molar-refractivity contribution in [2.45, 2.75) is 38.1 Å². The van der Waals surface area contributed by atoms with Gasteiger partial charge in [-0.05, 0) is 25.1 Å². The third-order valence-corrected chi connectivity index (χ3v) is 4.64. The van der Waals surface area contributed by atoms with Gasteiger partial charge in [0, 0.05) is 23.4 Å². The minimum Gasteiger partial charge on any atom is -0.358 e. The normalized spacial score (nSPS) is 16.3. The van der Waals surface area contributed by atoms with Crippen LogP contribution in [0.25, 0.3) is 0 Å². The van der Waals surface area contributed by atoms with Crippen LogP contribution in [0.4, 0.5) is 0 Å². The molecule has 0 aromatic carbocycles. The molecule has 0 atom stereocenters. The Morgan fingerprint density at radius 3 is 2.72 bits per heavy atom. The van der Waals surface area contributed by atoms with Gasteiger partial charge in [-0.3, -0.25) is 0 Å². The number of alkyl halides is 1. The fraction of sp³-hybridized carbons (Fsp3) is 0.909. The molecule has 18 heavy (non-hydrogen) atoms. The molecule has 1 saturated carbocycles. The van der Waals surface area contributed by atoms with Crippen molar-refractivity contribution in [1.82, 2.24) is 10.3 Å². The molecule has 0 bridgehead atoms. The molecule has 1 rings (SSSR count). The molecule has 0 unspecified atom stereocenters. The largest absolute Gasteiger partial charge is 0.358 e. The SMILES string of the molecule is O=NN(CCSCCCl)C(=S)NC1CCCCC1. The topological polar surface area (TPSA) is 44.7 Å². The van der Waals surface area contributed by atoms with Crippen LogP contribution in [0.1, 0.15) is 32.1 Å². The molecule has 1 fully saturated rings. The zero-order valence-corrected chi connectivity index (χ0v) is 12.8. The summed E-state index contributed by atoms with van der Waals surface area (Å²) in [5.41, 5.74) is 0. The number of nitrogens with one attached hydrogen (secondary N) is 1. The van der Waals surface area contributed by atoms with Gasteiger partial charge >= 0.3 is 0 Å². The lowest BCUT2D eigenvalue weighted by atomic mass is 9.96. The van der Waals surface area contributed by atoms with Gasteiger partial charge in [-0.2, -0.15) is 11.8 Å². The highest BCUT2D eigenvalue weighted by Crippen LogP contribution is 2.17. The summed E-state index contributed by atoms with van der Waals surface area (Å²) in [6, 6.07) is 0.408. The van der Waals surface area contributed by atoms with Gasteiger partial charge < -0.3 is 5.32 Å². The first-order valence-electron chi connectivity index (χ1n) is 6.33. The standard InChI is InChI=1S/C11H20ClN3OS2/c12-6-8-18-9-7-15(14-16)11(17)13-10-4-2-1-3-5-10/h10H,1-9H2,(H,13,17). The maximum Gasteiger partial charge on any atom is 0.192 e. The number of thioether (sulfide) groups is 1. The quantitative estimate of drug-likeness (QED) is 0.257. The molecule has 1 aliphatic carbocycles. The van der Waals surface area contributed by atoms with E-state index in [1.807, 2.05) is 0 Å². The molecule has 104 valence electrons. The summed E-state index contributed by atoms with van der Waals surface area (Å²) in [5, 5.41) is 8.02. The number of nitroso groups, excluding NO2 is 1. The van der Waals surface area contributed by atoms with E-state index in [1.165, 1.54) is 24.3 Å². The molecule has 0 saturated heterocycles. The molecule has 0 aromatic rings. The van der Waals surface area contributed by atoms with Crippen LogP contribution in [0.2, 0.25) is 0 Å². The Bertz CT molecular complexity index is 263. The lowest BCUT2D eigenvalue weighted by molar-refractivity contribution is 0.386. The Morgan fingerprint density at radius 2 is 2.11 bits per heavy atom. The molecule has 4 nitrogen and oxygen atoms in total. The smallest absolute Gasteiger partial charge is 0.192 e. The van der Waals surface area contributed by atoms with Gasteiger partial charge in [-0.25, -0.2) is 5.01 Å². The van der Waals surface area contributed by atoms with Crippen LogP contribution in [-0.4, -0.2) is 40.1 Å². The molecule has 0 radical (unpaired) electrons. The van der Waals surface area contributed by atoms with Gasteiger partial charge in [0.25, 0.3) is 0 Å². The monoisotopic (exact) mass is 309 g/mol. The molecule has 0 aromatic heterocycles. The summed E-state index contributed by atoms with van der Waals surface area (Å²) in [7, 11) is 0.